The summed E-state index contributed by atoms with van der Waals surface area (Å²) in [6.07, 6.45) is 3.10. The summed E-state index contributed by atoms with van der Waals surface area (Å²) in [6, 6.07) is 9.14. The average Bonchev–Trinajstić information content (AvgIpc) is 2.87. The number of benzene rings is 1. The van der Waals surface area contributed by atoms with Crippen LogP contribution in [0.4, 0.5) is 0 Å². The molecule has 2 aromatic heterocycles. The molecule has 3 aromatic rings. The molecular weight excluding hydrogens is 238 g/mol. The molecule has 2 heterocycles. The molecule has 1 N–H and O–H groups in total. The summed E-state index contributed by atoms with van der Waals surface area (Å²) < 4.78 is 5.29. The Labute approximate surface area is 102 Å². The number of H-pyrrole nitrogens is 1. The van der Waals surface area contributed by atoms with Crippen molar-refractivity contribution in [3.63, 3.8) is 0 Å². The summed E-state index contributed by atoms with van der Waals surface area (Å²) in [4.78, 5) is 14.3. The highest BCUT2D eigenvalue weighted by atomic mass is 35.5. The van der Waals surface area contributed by atoms with Gasteiger partial charge in [-0.25, -0.2) is 0 Å². The highest BCUT2D eigenvalue weighted by Gasteiger charge is 2.06. The van der Waals surface area contributed by atoms with Crippen LogP contribution in [0, 0.1) is 0 Å². The van der Waals surface area contributed by atoms with Crippen LogP contribution in [0.3, 0.4) is 0 Å². The van der Waals surface area contributed by atoms with E-state index in [2.05, 4.69) is 4.98 Å². The molecule has 0 saturated carbocycles. The van der Waals surface area contributed by atoms with Crippen molar-refractivity contribution in [1.82, 2.24) is 4.98 Å². The number of hydrogen-bond acceptors (Lipinski definition) is 2. The van der Waals surface area contributed by atoms with Crippen LogP contribution >= 0.6 is 11.6 Å². The molecule has 0 fully saturated rings. The maximum absolute atomic E-state index is 11.7. The van der Waals surface area contributed by atoms with Crippen LogP contribution < -0.4 is 5.56 Å². The standard InChI is InChI=1S/C13H8ClNO2/c14-11-7-15-13(16)10-6-8(3-4-9(10)11)12-2-1-5-17-12/h1-7H,(H,15,16). The fourth-order valence-electron chi connectivity index (χ4n) is 1.82. The maximum atomic E-state index is 11.7. The number of furan rings is 1. The summed E-state index contributed by atoms with van der Waals surface area (Å²) >= 11 is 6.01. The van der Waals surface area contributed by atoms with E-state index in [1.165, 1.54) is 6.20 Å². The quantitative estimate of drug-likeness (QED) is 0.714. The van der Waals surface area contributed by atoms with Gasteiger partial charge in [0.15, 0.2) is 0 Å². The first-order valence-electron chi connectivity index (χ1n) is 5.10. The Morgan fingerprint density at radius 2 is 2.06 bits per heavy atom. The molecule has 3 rings (SSSR count). The number of aromatic amines is 1. The molecule has 0 aliphatic heterocycles. The molecule has 17 heavy (non-hydrogen) atoms. The van der Waals surface area contributed by atoms with Gasteiger partial charge in [-0.05, 0) is 18.2 Å². The average molecular weight is 246 g/mol. The number of nitrogens with one attached hydrogen (secondary N) is 1. The second-order valence-electron chi connectivity index (χ2n) is 3.70. The highest BCUT2D eigenvalue weighted by Crippen LogP contribution is 2.26. The molecule has 4 heteroatoms. The van der Waals surface area contributed by atoms with Crippen LogP contribution in [0.2, 0.25) is 5.02 Å². The fourth-order valence-corrected chi connectivity index (χ4v) is 2.04. The van der Waals surface area contributed by atoms with Gasteiger partial charge in [-0.3, -0.25) is 4.79 Å². The number of hydrogen-bond donors (Lipinski definition) is 1. The minimum absolute atomic E-state index is 0.155. The van der Waals surface area contributed by atoms with E-state index in [1.54, 1.807) is 12.3 Å². The first kappa shape index (κ1) is 10.2. The van der Waals surface area contributed by atoms with Crippen molar-refractivity contribution in [1.29, 1.82) is 0 Å². The van der Waals surface area contributed by atoms with Crippen molar-refractivity contribution in [2.24, 2.45) is 0 Å². The van der Waals surface area contributed by atoms with Crippen molar-refractivity contribution < 1.29 is 4.42 Å². The van der Waals surface area contributed by atoms with Crippen molar-refractivity contribution >= 4 is 22.4 Å². The number of aromatic nitrogens is 1. The minimum atomic E-state index is -0.155. The van der Waals surface area contributed by atoms with Crippen LogP contribution in [-0.4, -0.2) is 4.98 Å². The Morgan fingerprint density at radius 1 is 1.18 bits per heavy atom. The van der Waals surface area contributed by atoms with Crippen LogP contribution in [0.15, 0.2) is 52.0 Å². The third-order valence-corrected chi connectivity index (χ3v) is 2.97. The normalized spacial score (nSPS) is 10.9. The summed E-state index contributed by atoms with van der Waals surface area (Å²) in [5, 5.41) is 1.84. The van der Waals surface area contributed by atoms with E-state index in [0.29, 0.717) is 10.4 Å². The van der Waals surface area contributed by atoms with Gasteiger partial charge in [0.05, 0.1) is 11.3 Å². The predicted octanol–water partition coefficient (Wildman–Crippen LogP) is 3.44. The van der Waals surface area contributed by atoms with E-state index in [4.69, 9.17) is 16.0 Å². The number of halogens is 1. The molecule has 0 amide bonds. The molecule has 1 aromatic carbocycles. The second kappa shape index (κ2) is 3.79. The molecule has 0 spiro atoms. The van der Waals surface area contributed by atoms with Crippen molar-refractivity contribution in [2.45, 2.75) is 0 Å². The Hall–Kier alpha value is -2.00. The highest BCUT2D eigenvalue weighted by molar-refractivity contribution is 6.35. The largest absolute Gasteiger partial charge is 0.464 e. The van der Waals surface area contributed by atoms with Crippen LogP contribution in [0.25, 0.3) is 22.1 Å². The lowest BCUT2D eigenvalue weighted by Crippen LogP contribution is -2.04. The van der Waals surface area contributed by atoms with Gasteiger partial charge in [0.2, 0.25) is 0 Å². The van der Waals surface area contributed by atoms with Gasteiger partial charge in [-0.2, -0.15) is 0 Å². The summed E-state index contributed by atoms with van der Waals surface area (Å²) in [7, 11) is 0. The molecular formula is C13H8ClNO2. The molecule has 0 radical (unpaired) electrons. The fraction of sp³-hybridized carbons (Fsp3) is 0. The van der Waals surface area contributed by atoms with Gasteiger partial charge in [-0.1, -0.05) is 23.7 Å². The molecule has 0 aliphatic rings. The van der Waals surface area contributed by atoms with E-state index >= 15 is 0 Å². The number of rotatable bonds is 1. The van der Waals surface area contributed by atoms with Gasteiger partial charge in [0.1, 0.15) is 5.76 Å². The molecule has 3 nitrogen and oxygen atoms in total. The first-order chi connectivity index (χ1) is 8.25. The molecule has 0 aliphatic carbocycles. The lowest BCUT2D eigenvalue weighted by molar-refractivity contribution is 0.582. The smallest absolute Gasteiger partial charge is 0.255 e. The van der Waals surface area contributed by atoms with E-state index in [1.807, 2.05) is 24.3 Å². The van der Waals surface area contributed by atoms with Crippen molar-refractivity contribution in [3.05, 3.63) is 58.2 Å². The topological polar surface area (TPSA) is 46.0 Å². The summed E-state index contributed by atoms with van der Waals surface area (Å²) in [5.41, 5.74) is 0.702. The molecule has 84 valence electrons. The zero-order valence-corrected chi connectivity index (χ0v) is 9.49. The molecule has 0 saturated heterocycles. The minimum Gasteiger partial charge on any atom is -0.464 e. The monoisotopic (exact) mass is 245 g/mol. The van der Waals surface area contributed by atoms with Crippen LogP contribution in [0.1, 0.15) is 0 Å². The first-order valence-corrected chi connectivity index (χ1v) is 5.48. The Morgan fingerprint density at radius 3 is 2.82 bits per heavy atom. The summed E-state index contributed by atoms with van der Waals surface area (Å²) in [5.74, 6) is 0.728. The van der Waals surface area contributed by atoms with Gasteiger partial charge >= 0.3 is 0 Å². The van der Waals surface area contributed by atoms with E-state index in [0.717, 1.165) is 16.7 Å². The van der Waals surface area contributed by atoms with E-state index in [-0.39, 0.29) is 5.56 Å². The Kier molecular flexibility index (Phi) is 2.27. The number of pyridine rings is 1. The second-order valence-corrected chi connectivity index (χ2v) is 4.11. The predicted molar refractivity (Wildman–Crippen MR) is 67.3 cm³/mol. The molecule has 0 unspecified atom stereocenters. The van der Waals surface area contributed by atoms with Crippen molar-refractivity contribution in [3.8, 4) is 11.3 Å². The van der Waals surface area contributed by atoms with Gasteiger partial charge in [-0.15, -0.1) is 0 Å². The number of fused-ring (bicyclic) bond motifs is 1. The molecule has 0 bridgehead atoms. The van der Waals surface area contributed by atoms with Gasteiger partial charge in [0, 0.05) is 22.5 Å². The zero-order chi connectivity index (χ0) is 11.8. The maximum Gasteiger partial charge on any atom is 0.255 e. The van der Waals surface area contributed by atoms with Crippen LogP contribution in [0.5, 0.6) is 0 Å². The summed E-state index contributed by atoms with van der Waals surface area (Å²) in [6.45, 7) is 0. The molecule has 0 atom stereocenters. The third-order valence-electron chi connectivity index (χ3n) is 2.66. The van der Waals surface area contributed by atoms with E-state index in [9.17, 15) is 4.79 Å². The Balaban J connectivity index is 2.33. The lowest BCUT2D eigenvalue weighted by Gasteiger charge is -2.02. The van der Waals surface area contributed by atoms with Crippen molar-refractivity contribution in [2.75, 3.05) is 0 Å². The lowest BCUT2D eigenvalue weighted by atomic mass is 10.1. The van der Waals surface area contributed by atoms with Gasteiger partial charge in [0.25, 0.3) is 5.56 Å². The van der Waals surface area contributed by atoms with Crippen LogP contribution in [-0.2, 0) is 0 Å². The Bertz CT molecular complexity index is 729. The third kappa shape index (κ3) is 1.65. The zero-order valence-electron chi connectivity index (χ0n) is 8.74. The van der Waals surface area contributed by atoms with Gasteiger partial charge < -0.3 is 9.40 Å². The van der Waals surface area contributed by atoms with E-state index < -0.39 is 0 Å². The SMILES string of the molecule is O=c1[nH]cc(Cl)c2ccc(-c3ccco3)cc12.